The van der Waals surface area contributed by atoms with Gasteiger partial charge in [0.2, 0.25) is 0 Å². The smallest absolute Gasteiger partial charge is 0.290 e. The van der Waals surface area contributed by atoms with Gasteiger partial charge in [-0.3, -0.25) is 25.5 Å². The highest BCUT2D eigenvalue weighted by molar-refractivity contribution is 7.15. The van der Waals surface area contributed by atoms with Crippen molar-refractivity contribution in [1.82, 2.24) is 21.0 Å². The molecule has 0 spiro atoms. The lowest BCUT2D eigenvalue weighted by atomic mass is 10.2. The number of aromatic amines is 1. The highest BCUT2D eigenvalue weighted by atomic mass is 32.1. The predicted octanol–water partition coefficient (Wildman–Crippen LogP) is 2.93. The molecule has 0 fully saturated rings. The molecule has 0 aliphatic carbocycles. The Morgan fingerprint density at radius 1 is 1.11 bits per heavy atom. The summed E-state index contributed by atoms with van der Waals surface area (Å²) in [7, 11) is 1.49. The van der Waals surface area contributed by atoms with Gasteiger partial charge < -0.3 is 9.47 Å². The van der Waals surface area contributed by atoms with Crippen LogP contribution < -0.4 is 20.3 Å². The van der Waals surface area contributed by atoms with Crippen LogP contribution >= 0.6 is 11.3 Å². The van der Waals surface area contributed by atoms with Gasteiger partial charge in [0.15, 0.2) is 17.2 Å². The monoisotopic (exact) mass is 400 g/mol. The number of benzene rings is 1. The summed E-state index contributed by atoms with van der Waals surface area (Å²) in [4.78, 5) is 26.7. The van der Waals surface area contributed by atoms with E-state index in [1.54, 1.807) is 29.5 Å². The lowest BCUT2D eigenvalue weighted by Crippen LogP contribution is -2.41. The second kappa shape index (κ2) is 8.57. The van der Waals surface area contributed by atoms with Crippen molar-refractivity contribution >= 4 is 23.2 Å². The van der Waals surface area contributed by atoms with E-state index in [9.17, 15) is 9.59 Å². The number of hydrazine groups is 1. The minimum absolute atomic E-state index is 0.172. The van der Waals surface area contributed by atoms with Crippen LogP contribution in [0.15, 0.2) is 36.4 Å². The number of ether oxygens (including phenoxy) is 2. The molecule has 3 rings (SSSR count). The Morgan fingerprint density at radius 3 is 2.57 bits per heavy atom. The maximum atomic E-state index is 12.3. The van der Waals surface area contributed by atoms with Crippen molar-refractivity contribution in [3.63, 3.8) is 0 Å². The summed E-state index contributed by atoms with van der Waals surface area (Å²) < 4.78 is 10.6. The zero-order valence-electron chi connectivity index (χ0n) is 15.7. The van der Waals surface area contributed by atoms with E-state index in [2.05, 4.69) is 21.0 Å². The summed E-state index contributed by atoms with van der Waals surface area (Å²) >= 11 is 1.59. The van der Waals surface area contributed by atoms with Crippen molar-refractivity contribution in [2.24, 2.45) is 0 Å². The molecule has 2 amide bonds. The molecule has 2 heterocycles. The van der Waals surface area contributed by atoms with Gasteiger partial charge in [0.25, 0.3) is 11.8 Å². The predicted molar refractivity (Wildman–Crippen MR) is 106 cm³/mol. The lowest BCUT2D eigenvalue weighted by Gasteiger charge is -2.11. The second-order valence-corrected chi connectivity index (χ2v) is 7.07. The Hall–Kier alpha value is -3.33. The first kappa shape index (κ1) is 19.4. The first-order valence-corrected chi connectivity index (χ1v) is 9.37. The van der Waals surface area contributed by atoms with Gasteiger partial charge in [-0.25, -0.2) is 0 Å². The van der Waals surface area contributed by atoms with Crippen LogP contribution in [0.3, 0.4) is 0 Å². The Kier molecular flexibility index (Phi) is 5.95. The fourth-order valence-corrected chi connectivity index (χ4v) is 3.31. The van der Waals surface area contributed by atoms with Crippen molar-refractivity contribution in [3.8, 4) is 22.1 Å². The number of nitrogens with one attached hydrogen (secondary N) is 3. The zero-order chi connectivity index (χ0) is 20.1. The molecule has 3 aromatic rings. The molecule has 0 atom stereocenters. The van der Waals surface area contributed by atoms with E-state index in [4.69, 9.17) is 9.47 Å². The largest absolute Gasteiger partial charge is 0.493 e. The van der Waals surface area contributed by atoms with Crippen LogP contribution in [0.1, 0.15) is 32.6 Å². The van der Waals surface area contributed by atoms with Crippen LogP contribution in [-0.4, -0.2) is 35.7 Å². The summed E-state index contributed by atoms with van der Waals surface area (Å²) in [5.74, 6) is -0.0381. The average molecular weight is 400 g/mol. The SMILES string of the molecule is CCOc1ccc(C(=O)NNC(=O)c2cc(-c3ccc(C)s3)[nH]n2)cc1OC. The molecule has 0 aliphatic heterocycles. The van der Waals surface area contributed by atoms with Crippen molar-refractivity contribution < 1.29 is 19.1 Å². The Morgan fingerprint density at radius 2 is 1.89 bits per heavy atom. The van der Waals surface area contributed by atoms with E-state index < -0.39 is 11.8 Å². The molecule has 0 radical (unpaired) electrons. The highest BCUT2D eigenvalue weighted by Crippen LogP contribution is 2.28. The number of thiophene rings is 1. The molecule has 8 nitrogen and oxygen atoms in total. The van der Waals surface area contributed by atoms with E-state index >= 15 is 0 Å². The number of nitrogens with zero attached hydrogens (tertiary/aromatic N) is 1. The molecule has 0 unspecified atom stereocenters. The van der Waals surface area contributed by atoms with Crippen LogP contribution in [0.5, 0.6) is 11.5 Å². The molecule has 0 saturated carbocycles. The van der Waals surface area contributed by atoms with Crippen LogP contribution in [0.2, 0.25) is 0 Å². The van der Waals surface area contributed by atoms with Crippen molar-refractivity contribution in [2.75, 3.05) is 13.7 Å². The summed E-state index contributed by atoms with van der Waals surface area (Å²) in [6, 6.07) is 10.3. The first-order valence-electron chi connectivity index (χ1n) is 8.55. The number of hydrogen-bond acceptors (Lipinski definition) is 6. The number of aryl methyl sites for hydroxylation is 1. The van der Waals surface area contributed by atoms with Crippen LogP contribution in [0, 0.1) is 6.92 Å². The van der Waals surface area contributed by atoms with Crippen molar-refractivity contribution in [2.45, 2.75) is 13.8 Å². The number of hydrogen-bond donors (Lipinski definition) is 3. The molecule has 3 N–H and O–H groups in total. The maximum Gasteiger partial charge on any atom is 0.290 e. The van der Waals surface area contributed by atoms with E-state index in [1.807, 2.05) is 26.0 Å². The summed E-state index contributed by atoms with van der Waals surface area (Å²) in [6.45, 7) is 4.34. The molecule has 0 bridgehead atoms. The van der Waals surface area contributed by atoms with Gasteiger partial charge in [-0.05, 0) is 50.2 Å². The van der Waals surface area contributed by atoms with Gasteiger partial charge in [0.05, 0.1) is 24.3 Å². The van der Waals surface area contributed by atoms with Gasteiger partial charge >= 0.3 is 0 Å². The molecule has 2 aromatic heterocycles. The third-order valence-corrected chi connectivity index (χ3v) is 4.87. The van der Waals surface area contributed by atoms with Crippen LogP contribution in [0.4, 0.5) is 0 Å². The standard InChI is InChI=1S/C19H20N4O4S/c1-4-27-15-7-6-12(9-16(15)26-3)18(24)22-23-19(25)14-10-13(20-21-14)17-8-5-11(2)28-17/h5-10H,4H2,1-3H3,(H,20,21)(H,22,24)(H,23,25). The van der Waals surface area contributed by atoms with Gasteiger partial charge in [0, 0.05) is 10.4 Å². The van der Waals surface area contributed by atoms with Gasteiger partial charge in [-0.2, -0.15) is 5.10 Å². The molecule has 1 aromatic carbocycles. The maximum absolute atomic E-state index is 12.3. The average Bonchev–Trinajstić information content (AvgIpc) is 3.35. The quantitative estimate of drug-likeness (QED) is 0.552. The number of H-pyrrole nitrogens is 1. The molecule has 9 heteroatoms. The van der Waals surface area contributed by atoms with Gasteiger partial charge in [-0.15, -0.1) is 11.3 Å². The molecule has 146 valence electrons. The summed E-state index contributed by atoms with van der Waals surface area (Å²) in [6.07, 6.45) is 0. The molecule has 0 aliphatic rings. The minimum Gasteiger partial charge on any atom is -0.493 e. The Bertz CT molecular complexity index is 995. The van der Waals surface area contributed by atoms with E-state index in [-0.39, 0.29) is 5.69 Å². The lowest BCUT2D eigenvalue weighted by molar-refractivity contribution is 0.0843. The number of methoxy groups -OCH3 is 1. The van der Waals surface area contributed by atoms with Gasteiger partial charge in [-0.1, -0.05) is 0 Å². The summed E-state index contributed by atoms with van der Waals surface area (Å²) in [5, 5.41) is 6.82. The molecule has 28 heavy (non-hydrogen) atoms. The van der Waals surface area contributed by atoms with Crippen molar-refractivity contribution in [1.29, 1.82) is 0 Å². The van der Waals surface area contributed by atoms with Gasteiger partial charge in [0.1, 0.15) is 0 Å². The molecular weight excluding hydrogens is 380 g/mol. The third kappa shape index (κ3) is 4.32. The first-order chi connectivity index (χ1) is 13.5. The topological polar surface area (TPSA) is 105 Å². The molecule has 0 saturated heterocycles. The van der Waals surface area contributed by atoms with Crippen molar-refractivity contribution in [3.05, 3.63) is 52.5 Å². The second-order valence-electron chi connectivity index (χ2n) is 5.78. The van der Waals surface area contributed by atoms with E-state index in [0.29, 0.717) is 23.7 Å². The third-order valence-electron chi connectivity index (χ3n) is 3.83. The Balaban J connectivity index is 1.63. The summed E-state index contributed by atoms with van der Waals surface area (Å²) in [5.41, 5.74) is 5.95. The fourth-order valence-electron chi connectivity index (χ4n) is 2.48. The van der Waals surface area contributed by atoms with E-state index in [0.717, 1.165) is 15.4 Å². The minimum atomic E-state index is -0.526. The Labute approximate surface area is 165 Å². The zero-order valence-corrected chi connectivity index (χ0v) is 16.5. The molecular formula is C19H20N4O4S. The van der Waals surface area contributed by atoms with E-state index in [1.165, 1.54) is 13.2 Å². The number of rotatable bonds is 6. The van der Waals surface area contributed by atoms with Crippen LogP contribution in [0.25, 0.3) is 10.6 Å². The number of carbonyl (C=O) groups is 2. The highest BCUT2D eigenvalue weighted by Gasteiger charge is 2.15. The fraction of sp³-hybridized carbons (Fsp3) is 0.211. The number of aromatic nitrogens is 2. The normalized spacial score (nSPS) is 10.4. The number of carbonyl (C=O) groups excluding carboxylic acids is 2. The number of amides is 2. The van der Waals surface area contributed by atoms with Crippen LogP contribution in [-0.2, 0) is 0 Å².